The number of hydrogen-bond acceptors (Lipinski definition) is 2. The van der Waals surface area contributed by atoms with Gasteiger partial charge in [-0.2, -0.15) is 0 Å². The van der Waals surface area contributed by atoms with Crippen molar-refractivity contribution in [1.82, 2.24) is 4.90 Å². The first-order valence-electron chi connectivity index (χ1n) is 5.90. The van der Waals surface area contributed by atoms with Crippen LogP contribution < -0.4 is 0 Å². The van der Waals surface area contributed by atoms with E-state index in [2.05, 4.69) is 11.8 Å². The molecule has 1 rings (SSSR count). The van der Waals surface area contributed by atoms with Gasteiger partial charge in [0.05, 0.1) is 0 Å². The van der Waals surface area contributed by atoms with Gasteiger partial charge < -0.3 is 9.69 Å². The summed E-state index contributed by atoms with van der Waals surface area (Å²) in [4.78, 5) is 13.2. The van der Waals surface area contributed by atoms with Crippen LogP contribution in [0.15, 0.2) is 0 Å². The summed E-state index contributed by atoms with van der Waals surface area (Å²) in [6.45, 7) is 7.82. The highest BCUT2D eigenvalue weighted by Gasteiger charge is 2.17. The molecule has 0 spiro atoms. The SMILES string of the molecule is CC(=O)CCCCCN1CCC(C)C1. The van der Waals surface area contributed by atoms with Gasteiger partial charge in [0.15, 0.2) is 0 Å². The van der Waals surface area contributed by atoms with Crippen molar-refractivity contribution in [1.29, 1.82) is 0 Å². The largest absolute Gasteiger partial charge is 0.303 e. The molecule has 0 aliphatic carbocycles. The van der Waals surface area contributed by atoms with Gasteiger partial charge in [-0.15, -0.1) is 0 Å². The molecule has 1 unspecified atom stereocenters. The first-order chi connectivity index (χ1) is 6.68. The standard InChI is InChI=1S/C12H23NO/c1-11-7-9-13(10-11)8-5-3-4-6-12(2)14/h11H,3-10H2,1-2H3. The minimum absolute atomic E-state index is 0.333. The highest BCUT2D eigenvalue weighted by atomic mass is 16.1. The van der Waals surface area contributed by atoms with E-state index in [1.54, 1.807) is 6.92 Å². The Balaban J connectivity index is 1.91. The lowest BCUT2D eigenvalue weighted by Crippen LogP contribution is -2.21. The number of carbonyl (C=O) groups excluding carboxylic acids is 1. The van der Waals surface area contributed by atoms with Crippen molar-refractivity contribution < 1.29 is 4.79 Å². The average Bonchev–Trinajstić information content (AvgIpc) is 2.50. The fourth-order valence-corrected chi connectivity index (χ4v) is 2.12. The van der Waals surface area contributed by atoms with E-state index >= 15 is 0 Å². The van der Waals surface area contributed by atoms with Gasteiger partial charge in [-0.05, 0) is 45.2 Å². The fraction of sp³-hybridized carbons (Fsp3) is 0.917. The average molecular weight is 197 g/mol. The minimum atomic E-state index is 0.333. The van der Waals surface area contributed by atoms with Crippen molar-refractivity contribution in [3.63, 3.8) is 0 Å². The van der Waals surface area contributed by atoms with Gasteiger partial charge in [-0.1, -0.05) is 13.3 Å². The van der Waals surface area contributed by atoms with E-state index in [1.165, 1.54) is 38.9 Å². The van der Waals surface area contributed by atoms with Crippen LogP contribution in [-0.2, 0) is 4.79 Å². The zero-order valence-corrected chi connectivity index (χ0v) is 9.59. The van der Waals surface area contributed by atoms with E-state index in [-0.39, 0.29) is 0 Å². The molecule has 0 saturated carbocycles. The smallest absolute Gasteiger partial charge is 0.129 e. The zero-order valence-electron chi connectivity index (χ0n) is 9.59. The maximum atomic E-state index is 10.7. The van der Waals surface area contributed by atoms with Crippen molar-refractivity contribution in [3.8, 4) is 0 Å². The van der Waals surface area contributed by atoms with E-state index in [1.807, 2.05) is 0 Å². The Kier molecular flexibility index (Phi) is 5.16. The van der Waals surface area contributed by atoms with E-state index in [9.17, 15) is 4.79 Å². The Morgan fingerprint density at radius 2 is 2.14 bits per heavy atom. The number of ketones is 1. The van der Waals surface area contributed by atoms with Crippen LogP contribution in [0.4, 0.5) is 0 Å². The Labute approximate surface area is 87.7 Å². The third kappa shape index (κ3) is 4.75. The molecule has 0 N–H and O–H groups in total. The van der Waals surface area contributed by atoms with Crippen molar-refractivity contribution in [2.75, 3.05) is 19.6 Å². The van der Waals surface area contributed by atoms with E-state index in [4.69, 9.17) is 0 Å². The molecule has 0 aromatic heterocycles. The van der Waals surface area contributed by atoms with E-state index in [0.29, 0.717) is 5.78 Å². The van der Waals surface area contributed by atoms with Crippen molar-refractivity contribution >= 4 is 5.78 Å². The molecule has 14 heavy (non-hydrogen) atoms. The second-order valence-corrected chi connectivity index (χ2v) is 4.71. The summed E-state index contributed by atoms with van der Waals surface area (Å²) in [5.41, 5.74) is 0. The summed E-state index contributed by atoms with van der Waals surface area (Å²) in [6, 6.07) is 0. The monoisotopic (exact) mass is 197 g/mol. The highest BCUT2D eigenvalue weighted by Crippen LogP contribution is 2.15. The van der Waals surface area contributed by atoms with Crippen LogP contribution in [-0.4, -0.2) is 30.3 Å². The van der Waals surface area contributed by atoms with E-state index < -0.39 is 0 Å². The van der Waals surface area contributed by atoms with Crippen LogP contribution in [0.1, 0.15) is 46.0 Å². The predicted molar refractivity (Wildman–Crippen MR) is 59.4 cm³/mol. The number of likely N-dealkylation sites (tertiary alicyclic amines) is 1. The Morgan fingerprint density at radius 3 is 2.71 bits per heavy atom. The molecule has 2 nitrogen and oxygen atoms in total. The topological polar surface area (TPSA) is 20.3 Å². The lowest BCUT2D eigenvalue weighted by molar-refractivity contribution is -0.117. The third-order valence-corrected chi connectivity index (χ3v) is 3.01. The Hall–Kier alpha value is -0.370. The number of nitrogens with zero attached hydrogens (tertiary/aromatic N) is 1. The summed E-state index contributed by atoms with van der Waals surface area (Å²) < 4.78 is 0. The van der Waals surface area contributed by atoms with Crippen LogP contribution in [0.2, 0.25) is 0 Å². The quantitative estimate of drug-likeness (QED) is 0.610. The molecule has 2 heteroatoms. The molecule has 1 aliphatic heterocycles. The first kappa shape index (κ1) is 11.7. The van der Waals surface area contributed by atoms with Crippen molar-refractivity contribution in [2.45, 2.75) is 46.0 Å². The predicted octanol–water partition coefficient (Wildman–Crippen LogP) is 2.48. The summed E-state index contributed by atoms with van der Waals surface area (Å²) in [5, 5.41) is 0. The molecule has 1 heterocycles. The molecule has 0 radical (unpaired) electrons. The Morgan fingerprint density at radius 1 is 1.36 bits per heavy atom. The van der Waals surface area contributed by atoms with Gasteiger partial charge >= 0.3 is 0 Å². The molecule has 1 fully saturated rings. The molecule has 1 saturated heterocycles. The normalized spacial score (nSPS) is 22.9. The maximum absolute atomic E-state index is 10.7. The molecule has 0 amide bonds. The number of rotatable bonds is 6. The summed E-state index contributed by atoms with van der Waals surface area (Å²) in [5.74, 6) is 1.23. The van der Waals surface area contributed by atoms with Crippen LogP contribution >= 0.6 is 0 Å². The van der Waals surface area contributed by atoms with Gasteiger partial charge in [-0.25, -0.2) is 0 Å². The zero-order chi connectivity index (χ0) is 10.4. The summed E-state index contributed by atoms with van der Waals surface area (Å²) in [6.07, 6.45) is 5.70. The first-order valence-corrected chi connectivity index (χ1v) is 5.90. The minimum Gasteiger partial charge on any atom is -0.303 e. The number of unbranched alkanes of at least 4 members (excludes halogenated alkanes) is 2. The lowest BCUT2D eigenvalue weighted by atomic mass is 10.1. The molecule has 0 bridgehead atoms. The fourth-order valence-electron chi connectivity index (χ4n) is 2.12. The van der Waals surface area contributed by atoms with Crippen LogP contribution in [0.5, 0.6) is 0 Å². The Bertz CT molecular complexity index is 179. The number of hydrogen-bond donors (Lipinski definition) is 0. The number of carbonyl (C=O) groups is 1. The highest BCUT2D eigenvalue weighted by molar-refractivity contribution is 5.75. The molecular weight excluding hydrogens is 174 g/mol. The second kappa shape index (κ2) is 6.18. The van der Waals surface area contributed by atoms with Gasteiger partial charge in [0.1, 0.15) is 5.78 Å². The molecule has 82 valence electrons. The van der Waals surface area contributed by atoms with Gasteiger partial charge in [0.25, 0.3) is 0 Å². The molecular formula is C12H23NO. The molecule has 1 atom stereocenters. The van der Waals surface area contributed by atoms with Gasteiger partial charge in [0.2, 0.25) is 0 Å². The van der Waals surface area contributed by atoms with Crippen LogP contribution in [0.3, 0.4) is 0 Å². The maximum Gasteiger partial charge on any atom is 0.129 e. The summed E-state index contributed by atoms with van der Waals surface area (Å²) in [7, 11) is 0. The molecule has 0 aromatic carbocycles. The van der Waals surface area contributed by atoms with Crippen LogP contribution in [0.25, 0.3) is 0 Å². The van der Waals surface area contributed by atoms with Gasteiger partial charge in [0, 0.05) is 13.0 Å². The second-order valence-electron chi connectivity index (χ2n) is 4.71. The van der Waals surface area contributed by atoms with E-state index in [0.717, 1.165) is 18.8 Å². The summed E-state index contributed by atoms with van der Waals surface area (Å²) >= 11 is 0. The van der Waals surface area contributed by atoms with Crippen molar-refractivity contribution in [2.24, 2.45) is 5.92 Å². The molecule has 1 aliphatic rings. The van der Waals surface area contributed by atoms with Crippen LogP contribution in [0, 0.1) is 5.92 Å². The third-order valence-electron chi connectivity index (χ3n) is 3.01. The lowest BCUT2D eigenvalue weighted by Gasteiger charge is -2.14. The van der Waals surface area contributed by atoms with Crippen molar-refractivity contribution in [3.05, 3.63) is 0 Å². The van der Waals surface area contributed by atoms with Gasteiger partial charge in [-0.3, -0.25) is 0 Å². The number of Topliss-reactive ketones (excluding diaryl/α,β-unsaturated/α-hetero) is 1. The molecule has 0 aromatic rings.